The monoisotopic (exact) mass is 251 g/mol. The number of halogens is 3. The van der Waals surface area contributed by atoms with Crippen LogP contribution in [-0.4, -0.2) is 43.3 Å². The van der Waals surface area contributed by atoms with E-state index in [2.05, 4.69) is 10.2 Å². The summed E-state index contributed by atoms with van der Waals surface area (Å²) in [6.07, 6.45) is -4.45. The van der Waals surface area contributed by atoms with Gasteiger partial charge in [0.15, 0.2) is 5.92 Å². The number of rotatable bonds is 7. The molecule has 0 aliphatic rings. The summed E-state index contributed by atoms with van der Waals surface area (Å²) in [5.74, 6) is -1.93. The van der Waals surface area contributed by atoms with Crippen molar-refractivity contribution >= 4 is 0 Å². The van der Waals surface area contributed by atoms with Gasteiger partial charge in [-0.05, 0) is 20.0 Å². The molecule has 0 fully saturated rings. The molecule has 17 heavy (non-hydrogen) atoms. The highest BCUT2D eigenvalue weighted by atomic mass is 19.4. The molecule has 0 aliphatic heterocycles. The van der Waals surface area contributed by atoms with Gasteiger partial charge in [-0.2, -0.15) is 18.4 Å². The zero-order valence-corrected chi connectivity index (χ0v) is 10.5. The Hall–Kier alpha value is -0.800. The molecule has 2 unspecified atom stereocenters. The van der Waals surface area contributed by atoms with E-state index >= 15 is 0 Å². The van der Waals surface area contributed by atoms with Crippen LogP contribution in [0.15, 0.2) is 0 Å². The van der Waals surface area contributed by atoms with Gasteiger partial charge in [-0.15, -0.1) is 0 Å². The van der Waals surface area contributed by atoms with Gasteiger partial charge < -0.3 is 10.2 Å². The summed E-state index contributed by atoms with van der Waals surface area (Å²) < 4.78 is 36.9. The third-order valence-corrected chi connectivity index (χ3v) is 2.65. The number of hydrogen-bond acceptors (Lipinski definition) is 3. The SMILES string of the molecule is CCN(CC)CC(C)NCC(C#N)C(F)(F)F. The highest BCUT2D eigenvalue weighted by Gasteiger charge is 2.39. The Balaban J connectivity index is 4.06. The fourth-order valence-corrected chi connectivity index (χ4v) is 1.49. The maximum atomic E-state index is 12.3. The van der Waals surface area contributed by atoms with Crippen LogP contribution in [0.2, 0.25) is 0 Å². The van der Waals surface area contributed by atoms with Crippen molar-refractivity contribution in [3.8, 4) is 6.07 Å². The summed E-state index contributed by atoms with van der Waals surface area (Å²) in [4.78, 5) is 2.12. The zero-order chi connectivity index (χ0) is 13.5. The quantitative estimate of drug-likeness (QED) is 0.752. The minimum absolute atomic E-state index is 0.0619. The topological polar surface area (TPSA) is 39.1 Å². The number of nitrogens with one attached hydrogen (secondary N) is 1. The second-order valence-corrected chi connectivity index (χ2v) is 4.02. The predicted molar refractivity (Wildman–Crippen MR) is 60.4 cm³/mol. The molecule has 3 nitrogen and oxygen atoms in total. The Morgan fingerprint density at radius 2 is 1.82 bits per heavy atom. The molecule has 100 valence electrons. The third-order valence-electron chi connectivity index (χ3n) is 2.65. The van der Waals surface area contributed by atoms with Crippen LogP contribution < -0.4 is 5.32 Å². The van der Waals surface area contributed by atoms with E-state index < -0.39 is 12.1 Å². The highest BCUT2D eigenvalue weighted by molar-refractivity contribution is 4.90. The number of nitrogens with zero attached hydrogens (tertiary/aromatic N) is 2. The van der Waals surface area contributed by atoms with E-state index in [0.29, 0.717) is 6.54 Å². The van der Waals surface area contributed by atoms with Crippen LogP contribution in [0.3, 0.4) is 0 Å². The molecule has 0 aliphatic carbocycles. The lowest BCUT2D eigenvalue weighted by atomic mass is 10.1. The largest absolute Gasteiger partial charge is 0.405 e. The second kappa shape index (κ2) is 7.51. The number of nitriles is 1. The number of alkyl halides is 3. The molecule has 0 rings (SSSR count). The average molecular weight is 251 g/mol. The van der Waals surface area contributed by atoms with Gasteiger partial charge in [0.2, 0.25) is 0 Å². The van der Waals surface area contributed by atoms with E-state index in [-0.39, 0.29) is 12.6 Å². The molecule has 1 N–H and O–H groups in total. The van der Waals surface area contributed by atoms with Crippen molar-refractivity contribution in [2.45, 2.75) is 33.0 Å². The van der Waals surface area contributed by atoms with Gasteiger partial charge in [-0.25, -0.2) is 0 Å². The normalized spacial score (nSPS) is 15.6. The lowest BCUT2D eigenvalue weighted by Crippen LogP contribution is -2.43. The van der Waals surface area contributed by atoms with Crippen LogP contribution >= 0.6 is 0 Å². The summed E-state index contributed by atoms with van der Waals surface area (Å²) in [6, 6.07) is 1.22. The molecule has 0 saturated heterocycles. The van der Waals surface area contributed by atoms with Crippen LogP contribution in [-0.2, 0) is 0 Å². The van der Waals surface area contributed by atoms with Gasteiger partial charge in [0.05, 0.1) is 6.07 Å². The number of likely N-dealkylation sites (N-methyl/N-ethyl adjacent to an activating group) is 1. The lowest BCUT2D eigenvalue weighted by Gasteiger charge is -2.24. The van der Waals surface area contributed by atoms with Crippen molar-refractivity contribution in [1.29, 1.82) is 5.26 Å². The molecule has 0 aromatic carbocycles. The Morgan fingerprint density at radius 3 is 2.18 bits per heavy atom. The van der Waals surface area contributed by atoms with Gasteiger partial charge in [0.1, 0.15) is 0 Å². The smallest absolute Gasteiger partial charge is 0.311 e. The van der Waals surface area contributed by atoms with E-state index in [1.807, 2.05) is 20.8 Å². The molecule has 6 heteroatoms. The molecule has 0 amide bonds. The van der Waals surface area contributed by atoms with Gasteiger partial charge in [-0.1, -0.05) is 13.8 Å². The standard InChI is InChI=1S/C11H20F3N3/c1-4-17(5-2)8-9(3)16-7-10(6-15)11(12,13)14/h9-10,16H,4-5,7-8H2,1-3H3. The maximum Gasteiger partial charge on any atom is 0.405 e. The first-order valence-corrected chi connectivity index (χ1v) is 5.77. The van der Waals surface area contributed by atoms with Crippen molar-refractivity contribution < 1.29 is 13.2 Å². The van der Waals surface area contributed by atoms with E-state index in [1.165, 1.54) is 6.07 Å². The predicted octanol–water partition coefficient (Wildman–Crippen LogP) is 2.01. The molecule has 2 atom stereocenters. The second-order valence-electron chi connectivity index (χ2n) is 4.02. The van der Waals surface area contributed by atoms with E-state index in [1.54, 1.807) is 0 Å². The lowest BCUT2D eigenvalue weighted by molar-refractivity contribution is -0.158. The summed E-state index contributed by atoms with van der Waals surface area (Å²) in [7, 11) is 0. The summed E-state index contributed by atoms with van der Waals surface area (Å²) >= 11 is 0. The van der Waals surface area contributed by atoms with Gasteiger partial charge in [-0.3, -0.25) is 0 Å². The Bertz CT molecular complexity index is 243. The van der Waals surface area contributed by atoms with Gasteiger partial charge in [0, 0.05) is 19.1 Å². The minimum atomic E-state index is -4.45. The molecule has 0 spiro atoms. The van der Waals surface area contributed by atoms with E-state index in [9.17, 15) is 13.2 Å². The molecule has 0 aromatic rings. The van der Waals surface area contributed by atoms with Crippen molar-refractivity contribution in [2.24, 2.45) is 5.92 Å². The average Bonchev–Trinajstić information content (AvgIpc) is 2.24. The summed E-state index contributed by atoms with van der Waals surface area (Å²) in [5.41, 5.74) is 0. The van der Waals surface area contributed by atoms with Crippen LogP contribution in [0.5, 0.6) is 0 Å². The fourth-order valence-electron chi connectivity index (χ4n) is 1.49. The Morgan fingerprint density at radius 1 is 1.29 bits per heavy atom. The van der Waals surface area contributed by atoms with E-state index in [4.69, 9.17) is 5.26 Å². The fraction of sp³-hybridized carbons (Fsp3) is 0.909. The number of hydrogen-bond donors (Lipinski definition) is 1. The Labute approximate surface area is 101 Å². The molecule has 0 bridgehead atoms. The van der Waals surface area contributed by atoms with Crippen LogP contribution in [0.4, 0.5) is 13.2 Å². The van der Waals surface area contributed by atoms with Gasteiger partial charge >= 0.3 is 6.18 Å². The third kappa shape index (κ3) is 6.49. The van der Waals surface area contributed by atoms with Crippen LogP contribution in [0.25, 0.3) is 0 Å². The summed E-state index contributed by atoms with van der Waals surface area (Å²) in [5, 5.41) is 11.2. The molecular formula is C11H20F3N3. The Kier molecular flexibility index (Phi) is 7.16. The first-order chi connectivity index (χ1) is 7.85. The summed E-state index contributed by atoms with van der Waals surface area (Å²) in [6.45, 7) is 7.90. The zero-order valence-electron chi connectivity index (χ0n) is 10.5. The first kappa shape index (κ1) is 16.2. The molecule has 0 heterocycles. The van der Waals surface area contributed by atoms with Crippen molar-refractivity contribution in [3.05, 3.63) is 0 Å². The first-order valence-electron chi connectivity index (χ1n) is 5.77. The highest BCUT2D eigenvalue weighted by Crippen LogP contribution is 2.24. The molecule has 0 radical (unpaired) electrons. The van der Waals surface area contributed by atoms with E-state index in [0.717, 1.165) is 13.1 Å². The van der Waals surface area contributed by atoms with Crippen molar-refractivity contribution in [1.82, 2.24) is 10.2 Å². The minimum Gasteiger partial charge on any atom is -0.311 e. The molecule has 0 saturated carbocycles. The van der Waals surface area contributed by atoms with Crippen LogP contribution in [0.1, 0.15) is 20.8 Å². The molecular weight excluding hydrogens is 231 g/mol. The molecule has 0 aromatic heterocycles. The van der Waals surface area contributed by atoms with Crippen molar-refractivity contribution in [3.63, 3.8) is 0 Å². The van der Waals surface area contributed by atoms with Crippen LogP contribution in [0, 0.1) is 17.2 Å². The van der Waals surface area contributed by atoms with Crippen molar-refractivity contribution in [2.75, 3.05) is 26.2 Å². The van der Waals surface area contributed by atoms with Gasteiger partial charge in [0.25, 0.3) is 0 Å². The maximum absolute atomic E-state index is 12.3.